The molecule has 0 aliphatic rings. The molecular formula is C14H26N4O2. The van der Waals surface area contributed by atoms with E-state index < -0.39 is 0 Å². The molecule has 6 heteroatoms. The van der Waals surface area contributed by atoms with Crippen LogP contribution in [0.25, 0.3) is 0 Å². The fourth-order valence-electron chi connectivity index (χ4n) is 1.64. The van der Waals surface area contributed by atoms with Gasteiger partial charge in [-0.05, 0) is 40.3 Å². The summed E-state index contributed by atoms with van der Waals surface area (Å²) >= 11 is 0. The number of hydrogen-bond acceptors (Lipinski definition) is 4. The normalized spacial score (nSPS) is 11.1. The highest BCUT2D eigenvalue weighted by Gasteiger charge is 2.13. The van der Waals surface area contributed by atoms with Crippen LogP contribution in [0.15, 0.2) is 22.8 Å². The van der Waals surface area contributed by atoms with Gasteiger partial charge in [-0.3, -0.25) is 0 Å². The lowest BCUT2D eigenvalue weighted by Crippen LogP contribution is -2.45. The number of hydrogen-bond donors (Lipinski definition) is 1. The second kappa shape index (κ2) is 8.60. The van der Waals surface area contributed by atoms with Gasteiger partial charge in [0.15, 0.2) is 0 Å². The van der Waals surface area contributed by atoms with E-state index in [9.17, 15) is 4.79 Å². The molecule has 1 aromatic rings. The standard InChI is InChI=1S/C14H26N4O2/c1-16(2)7-9-18(10-8-17(3)4)14(19)15-12-13-6-5-11-20-13/h5-6,11H,7-10,12H2,1-4H3,(H,15,19). The number of rotatable bonds is 8. The van der Waals surface area contributed by atoms with Crippen molar-refractivity contribution in [3.8, 4) is 0 Å². The molecular weight excluding hydrogens is 256 g/mol. The monoisotopic (exact) mass is 282 g/mol. The van der Waals surface area contributed by atoms with E-state index in [1.54, 1.807) is 6.26 Å². The van der Waals surface area contributed by atoms with Gasteiger partial charge in [0.2, 0.25) is 0 Å². The van der Waals surface area contributed by atoms with Crippen LogP contribution < -0.4 is 5.32 Å². The van der Waals surface area contributed by atoms with Crippen molar-refractivity contribution in [1.82, 2.24) is 20.0 Å². The van der Waals surface area contributed by atoms with Crippen molar-refractivity contribution in [2.75, 3.05) is 54.4 Å². The molecule has 0 saturated heterocycles. The van der Waals surface area contributed by atoms with Crippen molar-refractivity contribution in [2.45, 2.75) is 6.54 Å². The van der Waals surface area contributed by atoms with Crippen LogP contribution in [-0.2, 0) is 6.54 Å². The Labute approximate surface area is 121 Å². The molecule has 1 aromatic heterocycles. The van der Waals surface area contributed by atoms with E-state index in [-0.39, 0.29) is 6.03 Å². The van der Waals surface area contributed by atoms with E-state index in [2.05, 4.69) is 15.1 Å². The first kappa shape index (κ1) is 16.5. The lowest BCUT2D eigenvalue weighted by molar-refractivity contribution is 0.184. The number of likely N-dealkylation sites (N-methyl/N-ethyl adjacent to an activating group) is 2. The maximum Gasteiger partial charge on any atom is 0.317 e. The molecule has 0 fully saturated rings. The lowest BCUT2D eigenvalue weighted by Gasteiger charge is -2.26. The smallest absolute Gasteiger partial charge is 0.317 e. The van der Waals surface area contributed by atoms with Crippen molar-refractivity contribution < 1.29 is 9.21 Å². The van der Waals surface area contributed by atoms with E-state index in [0.717, 1.165) is 18.8 Å². The minimum absolute atomic E-state index is 0.0508. The Morgan fingerprint density at radius 3 is 2.15 bits per heavy atom. The summed E-state index contributed by atoms with van der Waals surface area (Å²) in [5.74, 6) is 0.763. The molecule has 1 heterocycles. The molecule has 0 radical (unpaired) electrons. The summed E-state index contributed by atoms with van der Waals surface area (Å²) in [6.45, 7) is 3.55. The molecule has 0 aliphatic heterocycles. The maximum atomic E-state index is 12.2. The highest BCUT2D eigenvalue weighted by molar-refractivity contribution is 5.74. The van der Waals surface area contributed by atoms with Crippen LogP contribution in [0.2, 0.25) is 0 Å². The third-order valence-electron chi connectivity index (χ3n) is 2.92. The summed E-state index contributed by atoms with van der Waals surface area (Å²) < 4.78 is 5.21. The van der Waals surface area contributed by atoms with Gasteiger partial charge in [0.25, 0.3) is 0 Å². The van der Waals surface area contributed by atoms with Gasteiger partial charge in [0.05, 0.1) is 12.8 Å². The molecule has 0 aromatic carbocycles. The molecule has 0 atom stereocenters. The molecule has 0 bridgehead atoms. The van der Waals surface area contributed by atoms with Gasteiger partial charge in [-0.1, -0.05) is 0 Å². The predicted molar refractivity (Wildman–Crippen MR) is 79.6 cm³/mol. The molecule has 6 nitrogen and oxygen atoms in total. The predicted octanol–water partition coefficient (Wildman–Crippen LogP) is 0.914. The highest BCUT2D eigenvalue weighted by atomic mass is 16.3. The second-order valence-corrected chi connectivity index (χ2v) is 5.33. The lowest BCUT2D eigenvalue weighted by atomic mass is 10.4. The number of nitrogens with zero attached hydrogens (tertiary/aromatic N) is 3. The van der Waals surface area contributed by atoms with Crippen molar-refractivity contribution >= 4 is 6.03 Å². The molecule has 0 saturated carbocycles. The highest BCUT2D eigenvalue weighted by Crippen LogP contribution is 2.00. The quantitative estimate of drug-likeness (QED) is 0.770. The van der Waals surface area contributed by atoms with Crippen LogP contribution in [0.3, 0.4) is 0 Å². The molecule has 0 unspecified atom stereocenters. The first-order chi connectivity index (χ1) is 9.49. The van der Waals surface area contributed by atoms with Gasteiger partial charge in [-0.15, -0.1) is 0 Å². The van der Waals surface area contributed by atoms with Crippen LogP contribution in [0.4, 0.5) is 4.79 Å². The molecule has 114 valence electrons. The van der Waals surface area contributed by atoms with Crippen molar-refractivity contribution in [1.29, 1.82) is 0 Å². The van der Waals surface area contributed by atoms with E-state index >= 15 is 0 Å². The van der Waals surface area contributed by atoms with Crippen LogP contribution >= 0.6 is 0 Å². The average Bonchev–Trinajstić information content (AvgIpc) is 2.88. The third kappa shape index (κ3) is 6.58. The Bertz CT molecular complexity index is 365. The number of carbonyl (C=O) groups is 1. The summed E-state index contributed by atoms with van der Waals surface area (Å²) in [5, 5.41) is 2.89. The minimum Gasteiger partial charge on any atom is -0.467 e. The van der Waals surface area contributed by atoms with E-state index in [0.29, 0.717) is 19.6 Å². The van der Waals surface area contributed by atoms with E-state index in [4.69, 9.17) is 4.42 Å². The van der Waals surface area contributed by atoms with Gasteiger partial charge in [-0.25, -0.2) is 4.79 Å². The van der Waals surface area contributed by atoms with Gasteiger partial charge >= 0.3 is 6.03 Å². The van der Waals surface area contributed by atoms with Gasteiger partial charge in [-0.2, -0.15) is 0 Å². The Kier molecular flexibility index (Phi) is 7.11. The first-order valence-electron chi connectivity index (χ1n) is 6.83. The molecule has 2 amide bonds. The van der Waals surface area contributed by atoms with Crippen molar-refractivity contribution in [2.24, 2.45) is 0 Å². The molecule has 1 N–H and O–H groups in total. The topological polar surface area (TPSA) is 52.0 Å². The summed E-state index contributed by atoms with van der Waals surface area (Å²) in [5.41, 5.74) is 0. The van der Waals surface area contributed by atoms with Crippen LogP contribution in [-0.4, -0.2) is 75.1 Å². The Morgan fingerprint density at radius 1 is 1.10 bits per heavy atom. The van der Waals surface area contributed by atoms with Crippen LogP contribution in [0.1, 0.15) is 5.76 Å². The van der Waals surface area contributed by atoms with Crippen LogP contribution in [0, 0.1) is 0 Å². The van der Waals surface area contributed by atoms with Crippen LogP contribution in [0.5, 0.6) is 0 Å². The van der Waals surface area contributed by atoms with Gasteiger partial charge < -0.3 is 24.4 Å². The van der Waals surface area contributed by atoms with E-state index in [1.807, 2.05) is 45.2 Å². The Morgan fingerprint density at radius 2 is 1.70 bits per heavy atom. The number of nitrogens with one attached hydrogen (secondary N) is 1. The van der Waals surface area contributed by atoms with Gasteiger partial charge in [0.1, 0.15) is 5.76 Å². The average molecular weight is 282 g/mol. The zero-order valence-electron chi connectivity index (χ0n) is 12.9. The maximum absolute atomic E-state index is 12.2. The van der Waals surface area contributed by atoms with Gasteiger partial charge in [0, 0.05) is 26.2 Å². The zero-order valence-corrected chi connectivity index (χ0v) is 12.9. The number of furan rings is 1. The zero-order chi connectivity index (χ0) is 15.0. The molecule has 0 aliphatic carbocycles. The third-order valence-corrected chi connectivity index (χ3v) is 2.92. The number of amides is 2. The Balaban J connectivity index is 2.44. The fraction of sp³-hybridized carbons (Fsp3) is 0.643. The summed E-state index contributed by atoms with van der Waals surface area (Å²) in [6.07, 6.45) is 1.61. The molecule has 20 heavy (non-hydrogen) atoms. The summed E-state index contributed by atoms with van der Waals surface area (Å²) in [7, 11) is 8.02. The largest absolute Gasteiger partial charge is 0.467 e. The second-order valence-electron chi connectivity index (χ2n) is 5.33. The molecule has 0 spiro atoms. The molecule has 1 rings (SSSR count). The summed E-state index contributed by atoms with van der Waals surface area (Å²) in [4.78, 5) is 18.2. The van der Waals surface area contributed by atoms with Crippen molar-refractivity contribution in [3.63, 3.8) is 0 Å². The Hall–Kier alpha value is -1.53. The summed E-state index contributed by atoms with van der Waals surface area (Å²) in [6, 6.07) is 3.62. The first-order valence-corrected chi connectivity index (χ1v) is 6.83. The van der Waals surface area contributed by atoms with E-state index in [1.165, 1.54) is 0 Å². The van der Waals surface area contributed by atoms with Crippen molar-refractivity contribution in [3.05, 3.63) is 24.2 Å². The number of urea groups is 1. The SMILES string of the molecule is CN(C)CCN(CCN(C)C)C(=O)NCc1ccco1. The minimum atomic E-state index is -0.0508. The number of carbonyl (C=O) groups excluding carboxylic acids is 1. The fourth-order valence-corrected chi connectivity index (χ4v) is 1.64.